The first-order chi connectivity index (χ1) is 8.40. The maximum atomic E-state index is 9.58. The van der Waals surface area contributed by atoms with Gasteiger partial charge in [-0.25, -0.2) is 0 Å². The number of nitrogens with one attached hydrogen (secondary N) is 1. The van der Waals surface area contributed by atoms with Crippen LogP contribution >= 0.6 is 0 Å². The van der Waals surface area contributed by atoms with Crippen LogP contribution < -0.4 is 5.32 Å². The fourth-order valence-electron chi connectivity index (χ4n) is 3.20. The molecule has 0 aromatic rings. The van der Waals surface area contributed by atoms with Crippen LogP contribution in [0.15, 0.2) is 0 Å². The number of hydrogen-bond donors (Lipinski definition) is 2. The van der Waals surface area contributed by atoms with Crippen LogP contribution in [0.1, 0.15) is 51.4 Å². The molecular weight excluding hydrogens is 214 g/mol. The number of rotatable bonds is 4. The normalized spacial score (nSPS) is 26.6. The lowest BCUT2D eigenvalue weighted by Crippen LogP contribution is -2.46. The van der Waals surface area contributed by atoms with Crippen LogP contribution in [-0.4, -0.2) is 37.0 Å². The second kappa shape index (κ2) is 7.34. The van der Waals surface area contributed by atoms with Crippen molar-refractivity contribution in [3.05, 3.63) is 0 Å². The molecule has 3 nitrogen and oxygen atoms in total. The maximum Gasteiger partial charge on any atom is 0.0587 e. The molecule has 1 atom stereocenters. The van der Waals surface area contributed by atoms with Gasteiger partial charge in [0, 0.05) is 25.3 Å². The van der Waals surface area contributed by atoms with Crippen molar-refractivity contribution in [2.75, 3.05) is 19.8 Å². The summed E-state index contributed by atoms with van der Waals surface area (Å²) in [5.41, 5.74) is 0. The van der Waals surface area contributed by atoms with E-state index in [1.807, 2.05) is 0 Å². The van der Waals surface area contributed by atoms with E-state index in [0.29, 0.717) is 18.0 Å². The lowest BCUT2D eigenvalue weighted by atomic mass is 9.91. The van der Waals surface area contributed by atoms with Gasteiger partial charge in [0.25, 0.3) is 0 Å². The third-order valence-corrected chi connectivity index (χ3v) is 4.34. The second-order valence-corrected chi connectivity index (χ2v) is 5.59. The summed E-state index contributed by atoms with van der Waals surface area (Å²) in [4.78, 5) is 0. The fraction of sp³-hybridized carbons (Fsp3) is 1.00. The molecule has 1 aliphatic carbocycles. The van der Waals surface area contributed by atoms with Crippen molar-refractivity contribution in [1.29, 1.82) is 0 Å². The smallest absolute Gasteiger partial charge is 0.0587 e. The highest BCUT2D eigenvalue weighted by Gasteiger charge is 2.25. The molecule has 2 rings (SSSR count). The van der Waals surface area contributed by atoms with E-state index >= 15 is 0 Å². The Bertz CT molecular complexity index is 196. The first-order valence-corrected chi connectivity index (χ1v) is 7.35. The monoisotopic (exact) mass is 241 g/mol. The first-order valence-electron chi connectivity index (χ1n) is 7.35. The minimum absolute atomic E-state index is 0.279. The Morgan fingerprint density at radius 3 is 2.24 bits per heavy atom. The quantitative estimate of drug-likeness (QED) is 0.741. The van der Waals surface area contributed by atoms with Crippen molar-refractivity contribution >= 4 is 0 Å². The lowest BCUT2D eigenvalue weighted by molar-refractivity contribution is 0.0410. The molecule has 0 radical (unpaired) electrons. The summed E-state index contributed by atoms with van der Waals surface area (Å²) < 4.78 is 5.39. The van der Waals surface area contributed by atoms with E-state index in [9.17, 15) is 5.11 Å². The van der Waals surface area contributed by atoms with Crippen LogP contribution in [0.5, 0.6) is 0 Å². The number of hydrogen-bond acceptors (Lipinski definition) is 3. The van der Waals surface area contributed by atoms with E-state index in [1.165, 1.54) is 38.5 Å². The molecule has 1 saturated heterocycles. The van der Waals surface area contributed by atoms with E-state index in [0.717, 1.165) is 26.1 Å². The van der Waals surface area contributed by atoms with Gasteiger partial charge in [0.05, 0.1) is 6.61 Å². The molecule has 17 heavy (non-hydrogen) atoms. The molecule has 1 saturated carbocycles. The number of aliphatic hydroxyl groups is 1. The van der Waals surface area contributed by atoms with Gasteiger partial charge in [-0.1, -0.05) is 25.7 Å². The van der Waals surface area contributed by atoms with Gasteiger partial charge in [0.1, 0.15) is 0 Å². The fourth-order valence-corrected chi connectivity index (χ4v) is 3.20. The van der Waals surface area contributed by atoms with Gasteiger partial charge in [-0.3, -0.25) is 0 Å². The molecule has 0 aromatic heterocycles. The number of ether oxygens (including phenoxy) is 1. The molecule has 0 bridgehead atoms. The van der Waals surface area contributed by atoms with Crippen molar-refractivity contribution in [2.24, 2.45) is 5.92 Å². The molecule has 0 spiro atoms. The molecule has 2 N–H and O–H groups in total. The van der Waals surface area contributed by atoms with Crippen molar-refractivity contribution in [3.63, 3.8) is 0 Å². The highest BCUT2D eigenvalue weighted by atomic mass is 16.5. The van der Waals surface area contributed by atoms with Crippen LogP contribution in [0, 0.1) is 5.92 Å². The predicted octanol–water partition coefficient (Wildman–Crippen LogP) is 2.09. The molecule has 1 aliphatic heterocycles. The van der Waals surface area contributed by atoms with Crippen LogP contribution in [0.3, 0.4) is 0 Å². The average Bonchev–Trinajstić information content (AvgIpc) is 2.65. The Morgan fingerprint density at radius 2 is 1.65 bits per heavy atom. The van der Waals surface area contributed by atoms with Gasteiger partial charge in [-0.2, -0.15) is 0 Å². The summed E-state index contributed by atoms with van der Waals surface area (Å²) in [6.45, 7) is 2.02. The highest BCUT2D eigenvalue weighted by molar-refractivity contribution is 4.82. The standard InChI is InChI=1S/C14H27NO2/c16-11-14(12-7-9-17-10-8-12)15-13-5-3-1-2-4-6-13/h12-16H,1-11H2. The van der Waals surface area contributed by atoms with E-state index in [-0.39, 0.29) is 6.61 Å². The van der Waals surface area contributed by atoms with Crippen molar-refractivity contribution in [1.82, 2.24) is 5.32 Å². The predicted molar refractivity (Wildman–Crippen MR) is 69.0 cm³/mol. The van der Waals surface area contributed by atoms with Gasteiger partial charge in [0.2, 0.25) is 0 Å². The summed E-state index contributed by atoms with van der Waals surface area (Å²) in [6.07, 6.45) is 10.3. The largest absolute Gasteiger partial charge is 0.395 e. The molecule has 1 unspecified atom stereocenters. The SMILES string of the molecule is OCC(NC1CCCCCC1)C1CCOCC1. The van der Waals surface area contributed by atoms with E-state index in [1.54, 1.807) is 0 Å². The van der Waals surface area contributed by atoms with Crippen LogP contribution in [0.25, 0.3) is 0 Å². The zero-order valence-corrected chi connectivity index (χ0v) is 10.9. The third kappa shape index (κ3) is 4.23. The summed E-state index contributed by atoms with van der Waals surface area (Å²) >= 11 is 0. The van der Waals surface area contributed by atoms with Crippen LogP contribution in [0.4, 0.5) is 0 Å². The zero-order valence-electron chi connectivity index (χ0n) is 10.9. The van der Waals surface area contributed by atoms with Gasteiger partial charge in [-0.15, -0.1) is 0 Å². The molecule has 2 fully saturated rings. The number of aliphatic hydroxyl groups excluding tert-OH is 1. The van der Waals surface area contributed by atoms with E-state index in [2.05, 4.69) is 5.32 Å². The van der Waals surface area contributed by atoms with Gasteiger partial charge in [0.15, 0.2) is 0 Å². The Labute approximate surface area is 105 Å². The lowest BCUT2D eigenvalue weighted by Gasteiger charge is -2.32. The van der Waals surface area contributed by atoms with Crippen molar-refractivity contribution in [3.8, 4) is 0 Å². The Hall–Kier alpha value is -0.120. The van der Waals surface area contributed by atoms with Crippen molar-refractivity contribution in [2.45, 2.75) is 63.5 Å². The highest BCUT2D eigenvalue weighted by Crippen LogP contribution is 2.22. The van der Waals surface area contributed by atoms with Gasteiger partial charge >= 0.3 is 0 Å². The average molecular weight is 241 g/mol. The molecule has 3 heteroatoms. The molecule has 100 valence electrons. The van der Waals surface area contributed by atoms with Crippen LogP contribution in [-0.2, 0) is 4.74 Å². The third-order valence-electron chi connectivity index (χ3n) is 4.34. The molecule has 2 aliphatic rings. The van der Waals surface area contributed by atoms with E-state index < -0.39 is 0 Å². The summed E-state index contributed by atoms with van der Waals surface area (Å²) in [5.74, 6) is 0.608. The van der Waals surface area contributed by atoms with E-state index in [4.69, 9.17) is 4.74 Å². The molecule has 1 heterocycles. The Kier molecular flexibility index (Phi) is 5.75. The topological polar surface area (TPSA) is 41.5 Å². The summed E-state index contributed by atoms with van der Waals surface area (Å²) in [6, 6.07) is 0.930. The zero-order chi connectivity index (χ0) is 11.9. The molecular formula is C14H27NO2. The van der Waals surface area contributed by atoms with Crippen molar-refractivity contribution < 1.29 is 9.84 Å². The minimum atomic E-state index is 0.279. The second-order valence-electron chi connectivity index (χ2n) is 5.59. The minimum Gasteiger partial charge on any atom is -0.395 e. The van der Waals surface area contributed by atoms with Gasteiger partial charge < -0.3 is 15.2 Å². The summed E-state index contributed by atoms with van der Waals surface area (Å²) in [5, 5.41) is 13.3. The molecule has 0 amide bonds. The maximum absolute atomic E-state index is 9.58. The summed E-state index contributed by atoms with van der Waals surface area (Å²) in [7, 11) is 0. The van der Waals surface area contributed by atoms with Crippen LogP contribution in [0.2, 0.25) is 0 Å². The Balaban J connectivity index is 1.80. The van der Waals surface area contributed by atoms with Gasteiger partial charge in [-0.05, 0) is 31.6 Å². The first kappa shape index (κ1) is 13.3. The molecule has 0 aromatic carbocycles. The Morgan fingerprint density at radius 1 is 1.00 bits per heavy atom.